The van der Waals surface area contributed by atoms with E-state index in [0.29, 0.717) is 5.02 Å². The molecular formula is C12H18ClN. The van der Waals surface area contributed by atoms with E-state index in [1.807, 2.05) is 19.9 Å². The molecule has 0 saturated carbocycles. The maximum Gasteiger partial charge on any atom is 0.0641 e. The number of nitrogen functional groups attached to an aromatic ring is 1. The number of hydrogen-bond acceptors (Lipinski definition) is 1. The highest BCUT2D eigenvalue weighted by Gasteiger charge is 2.17. The van der Waals surface area contributed by atoms with Gasteiger partial charge in [0.2, 0.25) is 0 Å². The SMILES string of the molecule is CC.Cc1cc(Cl)c(N)c2c1CCC2. The van der Waals surface area contributed by atoms with Crippen molar-refractivity contribution in [2.45, 2.75) is 40.0 Å². The van der Waals surface area contributed by atoms with Crippen LogP contribution in [0.1, 0.15) is 37.0 Å². The number of anilines is 1. The van der Waals surface area contributed by atoms with Crippen LogP contribution in [-0.4, -0.2) is 0 Å². The number of halogens is 1. The van der Waals surface area contributed by atoms with Crippen molar-refractivity contribution in [1.82, 2.24) is 0 Å². The maximum absolute atomic E-state index is 5.97. The zero-order valence-electron chi connectivity index (χ0n) is 9.15. The largest absolute Gasteiger partial charge is 0.397 e. The number of benzene rings is 1. The van der Waals surface area contributed by atoms with Crippen LogP contribution in [0.5, 0.6) is 0 Å². The Hall–Kier alpha value is -0.690. The van der Waals surface area contributed by atoms with E-state index < -0.39 is 0 Å². The van der Waals surface area contributed by atoms with Crippen molar-refractivity contribution in [2.24, 2.45) is 0 Å². The molecule has 2 rings (SSSR count). The van der Waals surface area contributed by atoms with E-state index in [2.05, 4.69) is 6.92 Å². The lowest BCUT2D eigenvalue weighted by atomic mass is 10.0. The van der Waals surface area contributed by atoms with Crippen LogP contribution in [0, 0.1) is 6.92 Å². The van der Waals surface area contributed by atoms with Gasteiger partial charge in [-0.15, -0.1) is 0 Å². The Morgan fingerprint density at radius 1 is 1.21 bits per heavy atom. The van der Waals surface area contributed by atoms with Gasteiger partial charge in [0.05, 0.1) is 10.7 Å². The van der Waals surface area contributed by atoms with Crippen LogP contribution < -0.4 is 5.73 Å². The molecule has 1 aliphatic carbocycles. The Kier molecular flexibility index (Phi) is 3.82. The van der Waals surface area contributed by atoms with E-state index >= 15 is 0 Å². The van der Waals surface area contributed by atoms with Crippen molar-refractivity contribution in [2.75, 3.05) is 5.73 Å². The van der Waals surface area contributed by atoms with Gasteiger partial charge in [-0.1, -0.05) is 25.4 Å². The average Bonchev–Trinajstić information content (AvgIpc) is 2.67. The second-order valence-electron chi connectivity index (χ2n) is 3.40. The fraction of sp³-hybridized carbons (Fsp3) is 0.500. The summed E-state index contributed by atoms with van der Waals surface area (Å²) in [7, 11) is 0. The van der Waals surface area contributed by atoms with Crippen LogP contribution in [-0.2, 0) is 12.8 Å². The number of hydrogen-bond donors (Lipinski definition) is 1. The molecule has 78 valence electrons. The molecule has 2 heteroatoms. The van der Waals surface area contributed by atoms with Gasteiger partial charge in [-0.3, -0.25) is 0 Å². The summed E-state index contributed by atoms with van der Waals surface area (Å²) in [5, 5.41) is 0.716. The average molecular weight is 212 g/mol. The van der Waals surface area contributed by atoms with Crippen molar-refractivity contribution < 1.29 is 0 Å². The van der Waals surface area contributed by atoms with E-state index in [-0.39, 0.29) is 0 Å². The Bertz CT molecular complexity index is 332. The summed E-state index contributed by atoms with van der Waals surface area (Å²) in [6, 6.07) is 1.97. The van der Waals surface area contributed by atoms with Crippen molar-refractivity contribution in [3.8, 4) is 0 Å². The monoisotopic (exact) mass is 211 g/mol. The van der Waals surface area contributed by atoms with E-state index in [1.165, 1.54) is 29.5 Å². The Labute approximate surface area is 91.3 Å². The first-order chi connectivity index (χ1) is 6.70. The van der Waals surface area contributed by atoms with Crippen LogP contribution in [0.2, 0.25) is 5.02 Å². The lowest BCUT2D eigenvalue weighted by molar-refractivity contribution is 0.910. The molecule has 1 aliphatic rings. The minimum Gasteiger partial charge on any atom is -0.397 e. The molecule has 0 radical (unpaired) electrons. The van der Waals surface area contributed by atoms with Gasteiger partial charge in [-0.2, -0.15) is 0 Å². The Balaban J connectivity index is 0.000000461. The predicted molar refractivity (Wildman–Crippen MR) is 64.0 cm³/mol. The fourth-order valence-corrected chi connectivity index (χ4v) is 2.25. The molecule has 0 unspecified atom stereocenters. The van der Waals surface area contributed by atoms with Gasteiger partial charge in [0, 0.05) is 0 Å². The van der Waals surface area contributed by atoms with E-state index in [4.69, 9.17) is 17.3 Å². The first-order valence-corrected chi connectivity index (χ1v) is 5.64. The molecule has 0 saturated heterocycles. The number of rotatable bonds is 0. The summed E-state index contributed by atoms with van der Waals surface area (Å²) in [5.74, 6) is 0. The van der Waals surface area contributed by atoms with Gasteiger partial charge in [0.25, 0.3) is 0 Å². The van der Waals surface area contributed by atoms with Crippen LogP contribution in [0.25, 0.3) is 0 Å². The maximum atomic E-state index is 5.97. The standard InChI is InChI=1S/C10H12ClN.C2H6/c1-6-5-9(11)10(12)8-4-2-3-7(6)8;1-2/h5H,2-4,12H2,1H3;1-2H3. The van der Waals surface area contributed by atoms with Crippen LogP contribution in [0.3, 0.4) is 0 Å². The first-order valence-electron chi connectivity index (χ1n) is 5.26. The second kappa shape index (κ2) is 4.70. The zero-order valence-corrected chi connectivity index (χ0v) is 9.91. The molecule has 0 aliphatic heterocycles. The third-order valence-electron chi connectivity index (χ3n) is 2.62. The van der Waals surface area contributed by atoms with Gasteiger partial charge in [0.15, 0.2) is 0 Å². The lowest BCUT2D eigenvalue weighted by Gasteiger charge is -2.08. The minimum absolute atomic E-state index is 0.716. The molecule has 1 aromatic rings. The molecule has 0 amide bonds. The molecule has 2 N–H and O–H groups in total. The highest BCUT2D eigenvalue weighted by molar-refractivity contribution is 6.33. The van der Waals surface area contributed by atoms with Crippen LogP contribution in [0.4, 0.5) is 5.69 Å². The van der Waals surface area contributed by atoms with E-state index in [1.54, 1.807) is 0 Å². The Morgan fingerprint density at radius 3 is 2.43 bits per heavy atom. The van der Waals surface area contributed by atoms with Crippen molar-refractivity contribution in [3.63, 3.8) is 0 Å². The number of fused-ring (bicyclic) bond motifs is 1. The van der Waals surface area contributed by atoms with Crippen molar-refractivity contribution >= 4 is 17.3 Å². The van der Waals surface area contributed by atoms with Crippen LogP contribution >= 0.6 is 11.6 Å². The third-order valence-corrected chi connectivity index (χ3v) is 2.93. The molecule has 0 bridgehead atoms. The summed E-state index contributed by atoms with van der Waals surface area (Å²) in [6.07, 6.45) is 3.49. The van der Waals surface area contributed by atoms with Gasteiger partial charge >= 0.3 is 0 Å². The van der Waals surface area contributed by atoms with Crippen LogP contribution in [0.15, 0.2) is 6.07 Å². The predicted octanol–water partition coefficient (Wildman–Crippen LogP) is 3.75. The molecular weight excluding hydrogens is 194 g/mol. The molecule has 14 heavy (non-hydrogen) atoms. The number of nitrogens with two attached hydrogens (primary N) is 1. The van der Waals surface area contributed by atoms with Gasteiger partial charge in [-0.25, -0.2) is 0 Å². The summed E-state index contributed by atoms with van der Waals surface area (Å²) < 4.78 is 0. The fourth-order valence-electron chi connectivity index (χ4n) is 1.98. The first kappa shape index (κ1) is 11.4. The molecule has 0 aromatic heterocycles. The van der Waals surface area contributed by atoms with Gasteiger partial charge in [-0.05, 0) is 48.9 Å². The quantitative estimate of drug-likeness (QED) is 0.650. The molecule has 0 atom stereocenters. The molecule has 0 fully saturated rings. The lowest BCUT2D eigenvalue weighted by Crippen LogP contribution is -1.96. The van der Waals surface area contributed by atoms with E-state index in [9.17, 15) is 0 Å². The molecule has 0 heterocycles. The third kappa shape index (κ3) is 1.88. The Morgan fingerprint density at radius 2 is 1.79 bits per heavy atom. The smallest absolute Gasteiger partial charge is 0.0641 e. The van der Waals surface area contributed by atoms with Gasteiger partial charge in [0.1, 0.15) is 0 Å². The highest BCUT2D eigenvalue weighted by Crippen LogP contribution is 2.34. The minimum atomic E-state index is 0.716. The summed E-state index contributed by atoms with van der Waals surface area (Å²) >= 11 is 5.97. The number of aryl methyl sites for hydroxylation is 1. The molecule has 0 spiro atoms. The summed E-state index contributed by atoms with van der Waals surface area (Å²) in [5.41, 5.74) is 10.7. The second-order valence-corrected chi connectivity index (χ2v) is 3.81. The van der Waals surface area contributed by atoms with Gasteiger partial charge < -0.3 is 5.73 Å². The van der Waals surface area contributed by atoms with E-state index in [0.717, 1.165) is 12.1 Å². The summed E-state index contributed by atoms with van der Waals surface area (Å²) in [6.45, 7) is 6.11. The zero-order chi connectivity index (χ0) is 10.7. The molecule has 1 aromatic carbocycles. The highest BCUT2D eigenvalue weighted by atomic mass is 35.5. The summed E-state index contributed by atoms with van der Waals surface area (Å²) in [4.78, 5) is 0. The van der Waals surface area contributed by atoms with Crippen molar-refractivity contribution in [3.05, 3.63) is 27.8 Å². The van der Waals surface area contributed by atoms with Crippen molar-refractivity contribution in [1.29, 1.82) is 0 Å². The molecule has 1 nitrogen and oxygen atoms in total. The topological polar surface area (TPSA) is 26.0 Å². The normalized spacial score (nSPS) is 13.1.